The molecule has 78 valence electrons. The maximum absolute atomic E-state index is 6.04. The Morgan fingerprint density at radius 1 is 1.53 bits per heavy atom. The number of halogens is 1. The van der Waals surface area contributed by atoms with Crippen LogP contribution in [0.2, 0.25) is 5.15 Å². The van der Waals surface area contributed by atoms with E-state index in [1.54, 1.807) is 0 Å². The molecule has 3 nitrogen and oxygen atoms in total. The van der Waals surface area contributed by atoms with E-state index in [1.807, 2.05) is 6.07 Å². The van der Waals surface area contributed by atoms with Crippen LogP contribution < -0.4 is 10.1 Å². The molecule has 0 bridgehead atoms. The zero-order valence-corrected chi connectivity index (χ0v) is 8.92. The highest BCUT2D eigenvalue weighted by atomic mass is 35.5. The summed E-state index contributed by atoms with van der Waals surface area (Å²) in [5.74, 6) is 1.25. The van der Waals surface area contributed by atoms with E-state index in [9.17, 15) is 0 Å². The van der Waals surface area contributed by atoms with Gasteiger partial charge in [-0.25, -0.2) is 4.98 Å². The summed E-state index contributed by atoms with van der Waals surface area (Å²) in [7, 11) is 0. The molecule has 1 aliphatic carbocycles. The summed E-state index contributed by atoms with van der Waals surface area (Å²) in [5.41, 5.74) is 1.24. The smallest absolute Gasteiger partial charge is 0.219 e. The summed E-state index contributed by atoms with van der Waals surface area (Å²) in [6, 6.07) is 4.44. The number of ether oxygens (including phenoxy) is 1. The van der Waals surface area contributed by atoms with Gasteiger partial charge in [-0.3, -0.25) is 0 Å². The molecule has 3 heterocycles. The maximum atomic E-state index is 6.04. The lowest BCUT2D eigenvalue weighted by atomic mass is 9.70. The number of pyridine rings is 1. The second-order valence-electron chi connectivity index (χ2n) is 4.64. The molecule has 1 saturated carbocycles. The highest BCUT2D eigenvalue weighted by molar-refractivity contribution is 6.29. The van der Waals surface area contributed by atoms with E-state index in [-0.39, 0.29) is 5.60 Å². The molecule has 4 rings (SSSR count). The number of aromatic nitrogens is 1. The third kappa shape index (κ3) is 0.848. The molecule has 2 aliphatic heterocycles. The number of nitrogens with zero attached hydrogens (tertiary/aromatic N) is 1. The molecule has 1 saturated heterocycles. The SMILES string of the molecule is Clc1ccc2c(n1)OC13CC[C@@H]1NCC23. The molecule has 1 N–H and O–H groups in total. The van der Waals surface area contributed by atoms with Gasteiger partial charge in [0, 0.05) is 24.1 Å². The van der Waals surface area contributed by atoms with Crippen LogP contribution in [0.3, 0.4) is 0 Å². The van der Waals surface area contributed by atoms with E-state index in [0.717, 1.165) is 18.8 Å². The standard InChI is InChI=1S/C11H11ClN2O/c12-9-2-1-6-7-5-13-8-3-4-11(7,8)15-10(6)14-9/h1-2,7-8,13H,3-5H2/t7?,8-,11?/m0/s1. The third-order valence-electron chi connectivity index (χ3n) is 4.09. The van der Waals surface area contributed by atoms with Crippen molar-refractivity contribution in [2.45, 2.75) is 30.4 Å². The first kappa shape index (κ1) is 8.36. The van der Waals surface area contributed by atoms with Crippen molar-refractivity contribution < 1.29 is 4.74 Å². The topological polar surface area (TPSA) is 34.1 Å². The summed E-state index contributed by atoms with van der Waals surface area (Å²) in [6.07, 6.45) is 2.36. The fourth-order valence-electron chi connectivity index (χ4n) is 3.22. The molecule has 2 unspecified atom stereocenters. The van der Waals surface area contributed by atoms with E-state index in [4.69, 9.17) is 16.3 Å². The highest BCUT2D eigenvalue weighted by Gasteiger charge is 2.63. The largest absolute Gasteiger partial charge is 0.468 e. The lowest BCUT2D eigenvalue weighted by Crippen LogP contribution is -2.56. The number of hydrogen-bond donors (Lipinski definition) is 1. The second kappa shape index (κ2) is 2.47. The Morgan fingerprint density at radius 2 is 2.47 bits per heavy atom. The van der Waals surface area contributed by atoms with Crippen LogP contribution in [0, 0.1) is 0 Å². The van der Waals surface area contributed by atoms with Crippen molar-refractivity contribution in [1.82, 2.24) is 10.3 Å². The Hall–Kier alpha value is -0.800. The van der Waals surface area contributed by atoms with Crippen molar-refractivity contribution in [3.63, 3.8) is 0 Å². The van der Waals surface area contributed by atoms with E-state index < -0.39 is 0 Å². The summed E-state index contributed by atoms with van der Waals surface area (Å²) < 4.78 is 6.04. The molecular weight excluding hydrogens is 212 g/mol. The fraction of sp³-hybridized carbons (Fsp3) is 0.545. The highest BCUT2D eigenvalue weighted by Crippen LogP contribution is 2.56. The molecule has 1 aromatic heterocycles. The van der Waals surface area contributed by atoms with Gasteiger partial charge < -0.3 is 10.1 Å². The molecule has 1 aromatic rings. The van der Waals surface area contributed by atoms with Crippen molar-refractivity contribution in [1.29, 1.82) is 0 Å². The predicted octanol–water partition coefficient (Wildman–Crippen LogP) is 1.72. The van der Waals surface area contributed by atoms with E-state index in [1.165, 1.54) is 12.0 Å². The summed E-state index contributed by atoms with van der Waals surface area (Å²) in [4.78, 5) is 4.27. The number of nitrogens with one attached hydrogen (secondary N) is 1. The zero-order chi connectivity index (χ0) is 10.0. The summed E-state index contributed by atoms with van der Waals surface area (Å²) in [6.45, 7) is 1.01. The van der Waals surface area contributed by atoms with Gasteiger partial charge in [-0.05, 0) is 18.9 Å². The number of hydrogen-bond acceptors (Lipinski definition) is 3. The molecular formula is C11H11ClN2O. The van der Waals surface area contributed by atoms with Crippen molar-refractivity contribution in [3.8, 4) is 5.88 Å². The Bertz CT molecular complexity index is 450. The average molecular weight is 223 g/mol. The minimum atomic E-state index is 0.0139. The van der Waals surface area contributed by atoms with Crippen LogP contribution >= 0.6 is 11.6 Å². The van der Waals surface area contributed by atoms with Crippen LogP contribution in [0.1, 0.15) is 24.3 Å². The Balaban J connectivity index is 1.87. The van der Waals surface area contributed by atoms with Gasteiger partial charge in [-0.1, -0.05) is 17.7 Å². The van der Waals surface area contributed by atoms with Crippen molar-refractivity contribution in [3.05, 3.63) is 22.8 Å². The molecule has 2 fully saturated rings. The second-order valence-corrected chi connectivity index (χ2v) is 5.02. The first-order chi connectivity index (χ1) is 7.29. The van der Waals surface area contributed by atoms with Crippen LogP contribution in [0.5, 0.6) is 5.88 Å². The fourth-order valence-corrected chi connectivity index (χ4v) is 3.36. The van der Waals surface area contributed by atoms with Crippen LogP contribution in [0.25, 0.3) is 0 Å². The van der Waals surface area contributed by atoms with Crippen LogP contribution in [0.15, 0.2) is 12.1 Å². The molecule has 0 radical (unpaired) electrons. The molecule has 3 aliphatic rings. The van der Waals surface area contributed by atoms with Crippen molar-refractivity contribution in [2.24, 2.45) is 0 Å². The lowest BCUT2D eigenvalue weighted by molar-refractivity contribution is -0.0116. The van der Waals surface area contributed by atoms with Gasteiger partial charge in [0.2, 0.25) is 5.88 Å². The maximum Gasteiger partial charge on any atom is 0.219 e. The molecule has 3 atom stereocenters. The monoisotopic (exact) mass is 222 g/mol. The number of fused-ring (bicyclic) bond motifs is 2. The Labute approximate surface area is 92.8 Å². The number of rotatable bonds is 0. The van der Waals surface area contributed by atoms with E-state index in [0.29, 0.717) is 17.1 Å². The molecule has 4 heteroatoms. The third-order valence-corrected chi connectivity index (χ3v) is 4.30. The molecule has 0 amide bonds. The lowest BCUT2D eigenvalue weighted by Gasteiger charge is -2.43. The van der Waals surface area contributed by atoms with Gasteiger partial charge in [0.1, 0.15) is 10.8 Å². The summed E-state index contributed by atoms with van der Waals surface area (Å²) in [5, 5.41) is 4.04. The van der Waals surface area contributed by atoms with Crippen LogP contribution in [0.4, 0.5) is 0 Å². The van der Waals surface area contributed by atoms with E-state index in [2.05, 4.69) is 16.4 Å². The normalized spacial score (nSPS) is 40.1. The van der Waals surface area contributed by atoms with Crippen molar-refractivity contribution >= 4 is 11.6 Å². The molecule has 15 heavy (non-hydrogen) atoms. The molecule has 0 aromatic carbocycles. The van der Waals surface area contributed by atoms with Gasteiger partial charge in [0.25, 0.3) is 0 Å². The van der Waals surface area contributed by atoms with Gasteiger partial charge in [-0.15, -0.1) is 0 Å². The minimum absolute atomic E-state index is 0.0139. The van der Waals surface area contributed by atoms with Gasteiger partial charge in [0.15, 0.2) is 0 Å². The molecule has 1 spiro atoms. The summed E-state index contributed by atoms with van der Waals surface area (Å²) >= 11 is 5.87. The van der Waals surface area contributed by atoms with Crippen LogP contribution in [-0.4, -0.2) is 23.2 Å². The van der Waals surface area contributed by atoms with Crippen molar-refractivity contribution in [2.75, 3.05) is 6.54 Å². The zero-order valence-electron chi connectivity index (χ0n) is 8.16. The van der Waals surface area contributed by atoms with Gasteiger partial charge >= 0.3 is 0 Å². The quantitative estimate of drug-likeness (QED) is 0.679. The Kier molecular flexibility index (Phi) is 1.38. The predicted molar refractivity (Wildman–Crippen MR) is 56.4 cm³/mol. The van der Waals surface area contributed by atoms with Gasteiger partial charge in [0.05, 0.1) is 0 Å². The average Bonchev–Trinajstić information content (AvgIpc) is 2.63. The first-order valence-electron chi connectivity index (χ1n) is 5.38. The van der Waals surface area contributed by atoms with Gasteiger partial charge in [-0.2, -0.15) is 0 Å². The Morgan fingerprint density at radius 3 is 3.27 bits per heavy atom. The van der Waals surface area contributed by atoms with Crippen LogP contribution in [-0.2, 0) is 0 Å². The first-order valence-corrected chi connectivity index (χ1v) is 5.76. The minimum Gasteiger partial charge on any atom is -0.468 e. The van der Waals surface area contributed by atoms with E-state index >= 15 is 0 Å².